The Hall–Kier alpha value is -3.27. The summed E-state index contributed by atoms with van der Waals surface area (Å²) in [6.07, 6.45) is 2.63. The molecule has 10 nitrogen and oxygen atoms in total. The van der Waals surface area contributed by atoms with Crippen molar-refractivity contribution in [2.24, 2.45) is 0 Å². The molecule has 0 bridgehead atoms. The number of pyridine rings is 1. The second-order valence-corrected chi connectivity index (χ2v) is 5.46. The number of halogens is 1. The molecule has 2 rings (SSSR count). The summed E-state index contributed by atoms with van der Waals surface area (Å²) in [6.45, 7) is 1.70. The molecule has 0 aliphatic carbocycles. The van der Waals surface area contributed by atoms with Crippen LogP contribution < -0.4 is 16.4 Å². The fourth-order valence-corrected chi connectivity index (χ4v) is 1.99. The van der Waals surface area contributed by atoms with Crippen molar-refractivity contribution < 1.29 is 14.4 Å². The molecule has 0 fully saturated rings. The maximum absolute atomic E-state index is 11.9. The van der Waals surface area contributed by atoms with Gasteiger partial charge in [0, 0.05) is 31.9 Å². The van der Waals surface area contributed by atoms with Crippen molar-refractivity contribution >= 4 is 29.3 Å². The SMILES string of the molecule is CC(=O)NCCn1nc(C(=N)NOC(=O)c2cncc(Cl)c2)ccc1=O. The quantitative estimate of drug-likeness (QED) is 0.381. The number of hydrogen-bond acceptors (Lipinski definition) is 7. The van der Waals surface area contributed by atoms with E-state index in [-0.39, 0.29) is 41.1 Å². The number of rotatable bonds is 5. The zero-order valence-corrected chi connectivity index (χ0v) is 14.4. The first kappa shape index (κ1) is 19.1. The van der Waals surface area contributed by atoms with Crippen molar-refractivity contribution in [2.45, 2.75) is 13.5 Å². The average Bonchev–Trinajstić information content (AvgIpc) is 2.60. The lowest BCUT2D eigenvalue weighted by Gasteiger charge is -2.10. The predicted octanol–water partition coefficient (Wildman–Crippen LogP) is 0.115. The summed E-state index contributed by atoms with van der Waals surface area (Å²) in [7, 11) is 0. The van der Waals surface area contributed by atoms with Crippen LogP contribution in [-0.2, 0) is 16.2 Å². The van der Waals surface area contributed by atoms with Gasteiger partial charge in [-0.15, -0.1) is 0 Å². The minimum absolute atomic E-state index is 0.0736. The Bertz CT molecular complexity index is 898. The smallest absolute Gasteiger partial charge is 0.354 e. The molecule has 0 aromatic carbocycles. The normalized spacial score (nSPS) is 10.1. The first-order chi connectivity index (χ1) is 12.4. The minimum Gasteiger partial charge on any atom is -0.354 e. The fourth-order valence-electron chi connectivity index (χ4n) is 1.81. The first-order valence-electron chi connectivity index (χ1n) is 7.36. The van der Waals surface area contributed by atoms with Crippen LogP contribution in [0.4, 0.5) is 0 Å². The summed E-state index contributed by atoms with van der Waals surface area (Å²) in [5, 5.41) is 14.6. The topological polar surface area (TPSA) is 139 Å². The monoisotopic (exact) mass is 378 g/mol. The van der Waals surface area contributed by atoms with E-state index in [9.17, 15) is 14.4 Å². The van der Waals surface area contributed by atoms with Crippen molar-refractivity contribution in [3.63, 3.8) is 0 Å². The number of amidine groups is 1. The van der Waals surface area contributed by atoms with E-state index in [1.807, 2.05) is 0 Å². The standard InChI is InChI=1S/C15H15ClN6O4/c1-9(23)19-4-5-22-13(24)3-2-12(20-22)14(17)21-26-15(25)10-6-11(16)8-18-7-10/h2-3,6-8H,4-5H2,1H3,(H2,17,21)(H,19,23). The number of carbonyl (C=O) groups is 2. The number of hydrogen-bond donors (Lipinski definition) is 3. The number of amides is 1. The Balaban J connectivity index is 1.99. The van der Waals surface area contributed by atoms with Crippen molar-refractivity contribution in [1.82, 2.24) is 25.6 Å². The number of hydroxylamine groups is 1. The lowest BCUT2D eigenvalue weighted by atomic mass is 10.3. The first-order valence-corrected chi connectivity index (χ1v) is 7.74. The zero-order valence-electron chi connectivity index (χ0n) is 13.7. The van der Waals surface area contributed by atoms with Gasteiger partial charge in [0.05, 0.1) is 17.1 Å². The summed E-state index contributed by atoms with van der Waals surface area (Å²) in [6, 6.07) is 3.89. The van der Waals surface area contributed by atoms with E-state index in [0.717, 1.165) is 4.68 Å². The largest absolute Gasteiger partial charge is 0.364 e. The van der Waals surface area contributed by atoms with E-state index < -0.39 is 11.5 Å². The van der Waals surface area contributed by atoms with Gasteiger partial charge in [-0.3, -0.25) is 20.0 Å². The van der Waals surface area contributed by atoms with Gasteiger partial charge in [0.2, 0.25) is 5.91 Å². The van der Waals surface area contributed by atoms with Gasteiger partial charge in [-0.05, 0) is 12.1 Å². The Kier molecular flexibility index (Phi) is 6.39. The molecular weight excluding hydrogens is 364 g/mol. The summed E-state index contributed by atoms with van der Waals surface area (Å²) < 4.78 is 1.09. The van der Waals surface area contributed by atoms with Crippen molar-refractivity contribution in [3.05, 3.63) is 57.2 Å². The molecule has 0 spiro atoms. The molecule has 2 aromatic rings. The van der Waals surface area contributed by atoms with Crippen molar-refractivity contribution in [2.75, 3.05) is 6.54 Å². The molecule has 0 aliphatic heterocycles. The summed E-state index contributed by atoms with van der Waals surface area (Å²) >= 11 is 5.74. The molecule has 2 aromatic heterocycles. The van der Waals surface area contributed by atoms with Crippen LogP contribution in [0.15, 0.2) is 35.4 Å². The highest BCUT2D eigenvalue weighted by Gasteiger charge is 2.12. The lowest BCUT2D eigenvalue weighted by Crippen LogP contribution is -2.34. The van der Waals surface area contributed by atoms with Gasteiger partial charge in [-0.2, -0.15) is 10.6 Å². The molecule has 0 saturated carbocycles. The van der Waals surface area contributed by atoms with Gasteiger partial charge in [-0.1, -0.05) is 11.6 Å². The molecule has 26 heavy (non-hydrogen) atoms. The van der Waals surface area contributed by atoms with Crippen LogP contribution in [0, 0.1) is 5.41 Å². The van der Waals surface area contributed by atoms with E-state index in [4.69, 9.17) is 21.8 Å². The fraction of sp³-hybridized carbons (Fsp3) is 0.200. The second kappa shape index (κ2) is 8.72. The third-order valence-electron chi connectivity index (χ3n) is 3.01. The van der Waals surface area contributed by atoms with Crippen LogP contribution in [0.3, 0.4) is 0 Å². The van der Waals surface area contributed by atoms with E-state index in [0.29, 0.717) is 0 Å². The highest BCUT2D eigenvalue weighted by molar-refractivity contribution is 6.30. The Morgan fingerprint density at radius 1 is 1.35 bits per heavy atom. The summed E-state index contributed by atoms with van der Waals surface area (Å²) in [4.78, 5) is 43.0. The highest BCUT2D eigenvalue weighted by atomic mass is 35.5. The third-order valence-corrected chi connectivity index (χ3v) is 3.21. The number of aromatic nitrogens is 3. The lowest BCUT2D eigenvalue weighted by molar-refractivity contribution is -0.119. The van der Waals surface area contributed by atoms with Crippen LogP contribution in [0.1, 0.15) is 23.0 Å². The summed E-state index contributed by atoms with van der Waals surface area (Å²) in [5.41, 5.74) is 1.93. The number of nitrogens with zero attached hydrogens (tertiary/aromatic N) is 3. The van der Waals surface area contributed by atoms with Gasteiger partial charge >= 0.3 is 5.97 Å². The second-order valence-electron chi connectivity index (χ2n) is 5.02. The molecule has 0 radical (unpaired) electrons. The van der Waals surface area contributed by atoms with Gasteiger partial charge in [0.1, 0.15) is 5.69 Å². The Labute approximate surface area is 152 Å². The maximum Gasteiger partial charge on any atom is 0.364 e. The molecule has 3 N–H and O–H groups in total. The van der Waals surface area contributed by atoms with Crippen LogP contribution >= 0.6 is 11.6 Å². The van der Waals surface area contributed by atoms with E-state index in [1.165, 1.54) is 37.5 Å². The molecule has 0 saturated heterocycles. The molecule has 0 unspecified atom stereocenters. The summed E-state index contributed by atoms with van der Waals surface area (Å²) in [5.74, 6) is -1.35. The number of nitrogens with one attached hydrogen (secondary N) is 3. The number of carbonyl (C=O) groups excluding carboxylic acids is 2. The molecular formula is C15H15ClN6O4. The van der Waals surface area contributed by atoms with Gasteiger partial charge in [0.25, 0.3) is 5.56 Å². The molecule has 11 heteroatoms. The van der Waals surface area contributed by atoms with E-state index in [1.54, 1.807) is 0 Å². The molecule has 0 aliphatic rings. The van der Waals surface area contributed by atoms with Gasteiger partial charge < -0.3 is 10.2 Å². The third kappa shape index (κ3) is 5.38. The minimum atomic E-state index is -0.788. The Morgan fingerprint density at radius 3 is 2.81 bits per heavy atom. The molecule has 2 heterocycles. The molecule has 136 valence electrons. The Morgan fingerprint density at radius 2 is 2.12 bits per heavy atom. The van der Waals surface area contributed by atoms with Gasteiger partial charge in [-0.25, -0.2) is 9.48 Å². The van der Waals surface area contributed by atoms with Crippen molar-refractivity contribution in [3.8, 4) is 0 Å². The highest BCUT2D eigenvalue weighted by Crippen LogP contribution is 2.09. The van der Waals surface area contributed by atoms with E-state index >= 15 is 0 Å². The maximum atomic E-state index is 11.9. The zero-order chi connectivity index (χ0) is 19.1. The van der Waals surface area contributed by atoms with Crippen LogP contribution in [0.2, 0.25) is 5.02 Å². The van der Waals surface area contributed by atoms with E-state index in [2.05, 4.69) is 20.9 Å². The average molecular weight is 379 g/mol. The molecule has 0 atom stereocenters. The molecule has 1 amide bonds. The van der Waals surface area contributed by atoms with Crippen molar-refractivity contribution in [1.29, 1.82) is 5.41 Å². The van der Waals surface area contributed by atoms with Crippen LogP contribution in [-0.4, -0.2) is 39.0 Å². The van der Waals surface area contributed by atoms with Gasteiger partial charge in [0.15, 0.2) is 5.84 Å². The van der Waals surface area contributed by atoms with Crippen LogP contribution in [0.25, 0.3) is 0 Å². The predicted molar refractivity (Wildman–Crippen MR) is 91.8 cm³/mol. The van der Waals surface area contributed by atoms with Crippen LogP contribution in [0.5, 0.6) is 0 Å².